The summed E-state index contributed by atoms with van der Waals surface area (Å²) in [5, 5.41) is 11.1. The van der Waals surface area contributed by atoms with Crippen molar-refractivity contribution < 1.29 is 9.66 Å². The van der Waals surface area contributed by atoms with E-state index >= 15 is 0 Å². The number of nitro benzene ring substituents is 1. The second-order valence-corrected chi connectivity index (χ2v) is 5.68. The highest BCUT2D eigenvalue weighted by atomic mass is 16.6. The Kier molecular flexibility index (Phi) is 3.49. The number of aryl methyl sites for hydroxylation is 1. The maximum atomic E-state index is 11.1. The largest absolute Gasteiger partial charge is 0.483 e. The Hall–Kier alpha value is -1.62. The van der Waals surface area contributed by atoms with Gasteiger partial charge in [0.15, 0.2) is 5.75 Å². The van der Waals surface area contributed by atoms with Crippen LogP contribution >= 0.6 is 0 Å². The molecule has 0 radical (unpaired) electrons. The van der Waals surface area contributed by atoms with Gasteiger partial charge >= 0.3 is 5.69 Å². The standard InChI is InChI=1S/C14H20N2O3/c1-4-9-5-6-11(10(7-9)16(17)18)19-13-8-12(15)14(13,2)3/h5-7,12-13H,4,8,15H2,1-3H3. The van der Waals surface area contributed by atoms with E-state index < -0.39 is 0 Å². The van der Waals surface area contributed by atoms with E-state index in [1.165, 1.54) is 0 Å². The zero-order valence-electron chi connectivity index (χ0n) is 11.6. The van der Waals surface area contributed by atoms with Crippen molar-refractivity contribution in [2.45, 2.75) is 45.8 Å². The van der Waals surface area contributed by atoms with Crippen LogP contribution in [0.2, 0.25) is 0 Å². The fourth-order valence-corrected chi connectivity index (χ4v) is 2.29. The molecule has 0 bridgehead atoms. The van der Waals surface area contributed by atoms with Gasteiger partial charge in [0.1, 0.15) is 6.10 Å². The first kappa shape index (κ1) is 13.8. The lowest BCUT2D eigenvalue weighted by atomic mass is 9.65. The molecule has 1 aromatic rings. The Labute approximate surface area is 112 Å². The molecule has 2 N–H and O–H groups in total. The number of benzene rings is 1. The smallest absolute Gasteiger partial charge is 0.311 e. The van der Waals surface area contributed by atoms with E-state index in [1.807, 2.05) is 26.8 Å². The van der Waals surface area contributed by atoms with Crippen molar-refractivity contribution in [2.24, 2.45) is 11.1 Å². The van der Waals surface area contributed by atoms with E-state index in [1.54, 1.807) is 12.1 Å². The number of ether oxygens (including phenoxy) is 1. The lowest BCUT2D eigenvalue weighted by molar-refractivity contribution is -0.386. The van der Waals surface area contributed by atoms with Crippen LogP contribution in [0.5, 0.6) is 5.75 Å². The normalized spacial score (nSPS) is 24.6. The second-order valence-electron chi connectivity index (χ2n) is 5.68. The molecule has 2 unspecified atom stereocenters. The molecule has 2 atom stereocenters. The van der Waals surface area contributed by atoms with E-state index in [0.717, 1.165) is 18.4 Å². The van der Waals surface area contributed by atoms with Crippen LogP contribution in [0.4, 0.5) is 5.69 Å². The van der Waals surface area contributed by atoms with Gasteiger partial charge in [0.2, 0.25) is 0 Å². The topological polar surface area (TPSA) is 78.4 Å². The zero-order valence-corrected chi connectivity index (χ0v) is 11.6. The summed E-state index contributed by atoms with van der Waals surface area (Å²) in [6.45, 7) is 6.02. The number of hydrogen-bond donors (Lipinski definition) is 1. The summed E-state index contributed by atoms with van der Waals surface area (Å²) >= 11 is 0. The van der Waals surface area contributed by atoms with Crippen LogP contribution in [0.15, 0.2) is 18.2 Å². The molecule has 0 aromatic heterocycles. The summed E-state index contributed by atoms with van der Waals surface area (Å²) in [4.78, 5) is 10.7. The van der Waals surface area contributed by atoms with Gasteiger partial charge in [0, 0.05) is 23.9 Å². The molecule has 1 aliphatic carbocycles. The van der Waals surface area contributed by atoms with Gasteiger partial charge in [0.25, 0.3) is 0 Å². The third kappa shape index (κ3) is 2.42. The summed E-state index contributed by atoms with van der Waals surface area (Å²) in [6, 6.07) is 5.23. The average Bonchev–Trinajstić information content (AvgIpc) is 2.38. The molecule has 1 saturated carbocycles. The Morgan fingerprint density at radius 3 is 2.68 bits per heavy atom. The number of hydrogen-bond acceptors (Lipinski definition) is 4. The number of nitrogens with two attached hydrogens (primary N) is 1. The van der Waals surface area contributed by atoms with Gasteiger partial charge < -0.3 is 10.5 Å². The Morgan fingerprint density at radius 1 is 1.53 bits per heavy atom. The molecule has 1 aliphatic rings. The third-order valence-electron chi connectivity index (χ3n) is 4.15. The van der Waals surface area contributed by atoms with Crippen molar-refractivity contribution >= 4 is 5.69 Å². The fourth-order valence-electron chi connectivity index (χ4n) is 2.29. The van der Waals surface area contributed by atoms with Gasteiger partial charge in [-0.1, -0.05) is 26.8 Å². The second kappa shape index (κ2) is 4.81. The fraction of sp³-hybridized carbons (Fsp3) is 0.571. The van der Waals surface area contributed by atoms with Crippen molar-refractivity contribution in [1.29, 1.82) is 0 Å². The maximum Gasteiger partial charge on any atom is 0.311 e. The summed E-state index contributed by atoms with van der Waals surface area (Å²) in [6.07, 6.45) is 1.44. The molecule has 1 fully saturated rings. The van der Waals surface area contributed by atoms with Gasteiger partial charge in [-0.25, -0.2) is 0 Å². The lowest BCUT2D eigenvalue weighted by Gasteiger charge is -2.49. The first-order valence-corrected chi connectivity index (χ1v) is 6.55. The van der Waals surface area contributed by atoms with Crippen LogP contribution in [-0.4, -0.2) is 17.1 Å². The minimum absolute atomic E-state index is 0.0376. The molecule has 0 spiro atoms. The van der Waals surface area contributed by atoms with Crippen molar-refractivity contribution in [3.8, 4) is 5.75 Å². The van der Waals surface area contributed by atoms with Gasteiger partial charge in [-0.15, -0.1) is 0 Å². The van der Waals surface area contributed by atoms with Crippen LogP contribution < -0.4 is 10.5 Å². The van der Waals surface area contributed by atoms with E-state index in [0.29, 0.717) is 5.75 Å². The highest BCUT2D eigenvalue weighted by Gasteiger charge is 2.48. The van der Waals surface area contributed by atoms with Gasteiger partial charge in [0.05, 0.1) is 4.92 Å². The quantitative estimate of drug-likeness (QED) is 0.669. The monoisotopic (exact) mass is 264 g/mol. The average molecular weight is 264 g/mol. The van der Waals surface area contributed by atoms with Crippen LogP contribution in [0.25, 0.3) is 0 Å². The molecule has 0 heterocycles. The van der Waals surface area contributed by atoms with Crippen molar-refractivity contribution in [1.82, 2.24) is 0 Å². The molecular formula is C14H20N2O3. The van der Waals surface area contributed by atoms with Gasteiger partial charge in [-0.3, -0.25) is 10.1 Å². The summed E-state index contributed by atoms with van der Waals surface area (Å²) in [7, 11) is 0. The molecule has 19 heavy (non-hydrogen) atoms. The third-order valence-corrected chi connectivity index (χ3v) is 4.15. The SMILES string of the molecule is CCc1ccc(OC2CC(N)C2(C)C)c([N+](=O)[O-])c1. The first-order valence-electron chi connectivity index (χ1n) is 6.55. The van der Waals surface area contributed by atoms with Crippen LogP contribution in [0, 0.1) is 15.5 Å². The Balaban J connectivity index is 2.23. The number of nitrogens with zero attached hydrogens (tertiary/aromatic N) is 1. The zero-order chi connectivity index (χ0) is 14.2. The highest BCUT2D eigenvalue weighted by Crippen LogP contribution is 2.43. The number of rotatable bonds is 4. The molecule has 5 heteroatoms. The van der Waals surface area contributed by atoms with Crippen molar-refractivity contribution in [2.75, 3.05) is 0 Å². The molecule has 1 aromatic carbocycles. The van der Waals surface area contributed by atoms with E-state index in [9.17, 15) is 10.1 Å². The summed E-state index contributed by atoms with van der Waals surface area (Å²) < 4.78 is 5.81. The molecule has 5 nitrogen and oxygen atoms in total. The molecular weight excluding hydrogens is 244 g/mol. The molecule has 0 saturated heterocycles. The Bertz CT molecular complexity index is 499. The first-order chi connectivity index (χ1) is 8.86. The predicted molar refractivity (Wildman–Crippen MR) is 73.3 cm³/mol. The number of nitro groups is 1. The van der Waals surface area contributed by atoms with E-state index in [4.69, 9.17) is 10.5 Å². The van der Waals surface area contributed by atoms with Crippen LogP contribution in [0.3, 0.4) is 0 Å². The van der Waals surface area contributed by atoms with Crippen molar-refractivity contribution in [3.05, 3.63) is 33.9 Å². The summed E-state index contributed by atoms with van der Waals surface area (Å²) in [5.74, 6) is 0.340. The molecule has 104 valence electrons. The van der Waals surface area contributed by atoms with Crippen molar-refractivity contribution in [3.63, 3.8) is 0 Å². The Morgan fingerprint density at radius 2 is 2.21 bits per heavy atom. The predicted octanol–water partition coefficient (Wildman–Crippen LogP) is 2.66. The minimum Gasteiger partial charge on any atom is -0.483 e. The highest BCUT2D eigenvalue weighted by molar-refractivity contribution is 5.49. The minimum atomic E-state index is -0.389. The van der Waals surface area contributed by atoms with Gasteiger partial charge in [-0.05, 0) is 18.1 Å². The van der Waals surface area contributed by atoms with Crippen LogP contribution in [-0.2, 0) is 6.42 Å². The molecule has 2 rings (SSSR count). The van der Waals surface area contributed by atoms with Crippen LogP contribution in [0.1, 0.15) is 32.8 Å². The van der Waals surface area contributed by atoms with E-state index in [2.05, 4.69) is 0 Å². The molecule has 0 aliphatic heterocycles. The molecule has 0 amide bonds. The van der Waals surface area contributed by atoms with E-state index in [-0.39, 0.29) is 28.2 Å². The van der Waals surface area contributed by atoms with Gasteiger partial charge in [-0.2, -0.15) is 0 Å². The summed E-state index contributed by atoms with van der Waals surface area (Å²) in [5.41, 5.74) is 6.76. The lowest BCUT2D eigenvalue weighted by Crippen LogP contribution is -2.60. The maximum absolute atomic E-state index is 11.1.